The summed E-state index contributed by atoms with van der Waals surface area (Å²) in [6, 6.07) is 15.5. The monoisotopic (exact) mass is 334 g/mol. The van der Waals surface area contributed by atoms with Crippen LogP contribution >= 0.6 is 0 Å². The number of carbonyl (C=O) groups excluding carboxylic acids is 1. The summed E-state index contributed by atoms with van der Waals surface area (Å²) in [6.45, 7) is 0.711. The van der Waals surface area contributed by atoms with E-state index >= 15 is 0 Å². The van der Waals surface area contributed by atoms with Gasteiger partial charge in [0.1, 0.15) is 5.75 Å². The molecule has 5 heteroatoms. The quantitative estimate of drug-likeness (QED) is 0.727. The van der Waals surface area contributed by atoms with Crippen LogP contribution < -0.4 is 9.64 Å². The lowest BCUT2D eigenvalue weighted by molar-refractivity contribution is -0.118. The van der Waals surface area contributed by atoms with Crippen LogP contribution in [0.2, 0.25) is 0 Å². The average molecular weight is 334 g/mol. The first kappa shape index (κ1) is 15.4. The van der Waals surface area contributed by atoms with Gasteiger partial charge in [-0.15, -0.1) is 0 Å². The molecule has 1 aliphatic heterocycles. The largest absolute Gasteiger partial charge is 0.497 e. The minimum absolute atomic E-state index is 0.121. The molecule has 5 nitrogen and oxygen atoms in total. The highest BCUT2D eigenvalue weighted by atomic mass is 16.5. The molecule has 0 radical (unpaired) electrons. The second-order valence-corrected chi connectivity index (χ2v) is 6.02. The van der Waals surface area contributed by atoms with Gasteiger partial charge in [0.25, 0.3) is 0 Å². The minimum atomic E-state index is -0.121. The normalized spacial score (nSPS) is 17.1. The van der Waals surface area contributed by atoms with E-state index in [1.165, 1.54) is 6.39 Å². The topological polar surface area (TPSA) is 55.6 Å². The van der Waals surface area contributed by atoms with Crippen LogP contribution in [0, 0.1) is 0 Å². The Bertz CT molecular complexity index is 872. The number of nitrogens with zero attached hydrogens (tertiary/aromatic N) is 2. The van der Waals surface area contributed by atoms with Crippen molar-refractivity contribution in [3.8, 4) is 17.1 Å². The van der Waals surface area contributed by atoms with Gasteiger partial charge >= 0.3 is 0 Å². The van der Waals surface area contributed by atoms with E-state index in [1.54, 1.807) is 13.3 Å². The van der Waals surface area contributed by atoms with E-state index in [1.807, 2.05) is 53.4 Å². The number of oxazole rings is 1. The van der Waals surface area contributed by atoms with E-state index in [9.17, 15) is 4.79 Å². The fourth-order valence-electron chi connectivity index (χ4n) is 3.27. The third-order valence-corrected chi connectivity index (χ3v) is 4.60. The zero-order chi connectivity index (χ0) is 17.2. The number of anilines is 1. The molecule has 0 bridgehead atoms. The van der Waals surface area contributed by atoms with E-state index in [-0.39, 0.29) is 11.8 Å². The SMILES string of the molecule is COc1cccc([C@@H]2CCN(c3ccc(-c4cnco4)cc3)C2=O)c1. The first-order valence-corrected chi connectivity index (χ1v) is 8.20. The summed E-state index contributed by atoms with van der Waals surface area (Å²) >= 11 is 0. The number of aromatic nitrogens is 1. The molecule has 0 spiro atoms. The van der Waals surface area contributed by atoms with Gasteiger partial charge in [0.05, 0.1) is 19.2 Å². The van der Waals surface area contributed by atoms with Crippen molar-refractivity contribution in [3.63, 3.8) is 0 Å². The highest BCUT2D eigenvalue weighted by molar-refractivity contribution is 6.00. The third kappa shape index (κ3) is 2.89. The molecule has 4 rings (SSSR count). The second-order valence-electron chi connectivity index (χ2n) is 6.02. The second kappa shape index (κ2) is 6.43. The first-order valence-electron chi connectivity index (χ1n) is 8.20. The number of amides is 1. The fourth-order valence-corrected chi connectivity index (χ4v) is 3.27. The predicted molar refractivity (Wildman–Crippen MR) is 94.6 cm³/mol. The van der Waals surface area contributed by atoms with Gasteiger partial charge in [-0.1, -0.05) is 12.1 Å². The first-order chi connectivity index (χ1) is 12.3. The van der Waals surface area contributed by atoms with Crippen molar-refractivity contribution in [3.05, 3.63) is 66.7 Å². The van der Waals surface area contributed by atoms with Gasteiger partial charge in [-0.25, -0.2) is 4.98 Å². The number of carbonyl (C=O) groups is 1. The molecule has 0 saturated carbocycles. The maximum atomic E-state index is 12.9. The molecule has 2 heterocycles. The Morgan fingerprint density at radius 1 is 1.20 bits per heavy atom. The Morgan fingerprint density at radius 3 is 2.76 bits per heavy atom. The van der Waals surface area contributed by atoms with Crippen LogP contribution in [-0.2, 0) is 4.79 Å². The minimum Gasteiger partial charge on any atom is -0.497 e. The number of rotatable bonds is 4. The Kier molecular flexibility index (Phi) is 3.98. The van der Waals surface area contributed by atoms with Gasteiger partial charge in [0, 0.05) is 17.8 Å². The van der Waals surface area contributed by atoms with Crippen LogP contribution in [0.25, 0.3) is 11.3 Å². The van der Waals surface area contributed by atoms with Crippen molar-refractivity contribution in [2.75, 3.05) is 18.6 Å². The van der Waals surface area contributed by atoms with Crippen LogP contribution in [0.1, 0.15) is 17.9 Å². The van der Waals surface area contributed by atoms with Crippen molar-refractivity contribution < 1.29 is 13.9 Å². The van der Waals surface area contributed by atoms with Crippen molar-refractivity contribution >= 4 is 11.6 Å². The number of methoxy groups -OCH3 is 1. The van der Waals surface area contributed by atoms with Crippen molar-refractivity contribution in [2.45, 2.75) is 12.3 Å². The molecular formula is C20H18N2O3. The molecule has 1 aromatic heterocycles. The highest BCUT2D eigenvalue weighted by Gasteiger charge is 2.33. The van der Waals surface area contributed by atoms with Crippen LogP contribution in [-0.4, -0.2) is 24.5 Å². The molecule has 126 valence electrons. The molecule has 1 aliphatic rings. The molecule has 0 aliphatic carbocycles. The van der Waals surface area contributed by atoms with E-state index in [0.29, 0.717) is 12.3 Å². The number of benzene rings is 2. The Hall–Kier alpha value is -3.08. The lowest BCUT2D eigenvalue weighted by Gasteiger charge is -2.17. The average Bonchev–Trinajstić information content (AvgIpc) is 3.32. The summed E-state index contributed by atoms with van der Waals surface area (Å²) in [5, 5.41) is 0. The molecule has 1 atom stereocenters. The number of hydrogen-bond acceptors (Lipinski definition) is 4. The van der Waals surface area contributed by atoms with Gasteiger partial charge in [-0.3, -0.25) is 4.79 Å². The maximum Gasteiger partial charge on any atom is 0.234 e. The van der Waals surface area contributed by atoms with Crippen molar-refractivity contribution in [1.82, 2.24) is 4.98 Å². The predicted octanol–water partition coefficient (Wildman–Crippen LogP) is 3.87. The molecule has 2 aromatic carbocycles. The fraction of sp³-hybridized carbons (Fsp3) is 0.200. The van der Waals surface area contributed by atoms with Crippen LogP contribution in [0.15, 0.2) is 65.5 Å². The summed E-state index contributed by atoms with van der Waals surface area (Å²) in [4.78, 5) is 18.6. The van der Waals surface area contributed by atoms with Crippen molar-refractivity contribution in [1.29, 1.82) is 0 Å². The van der Waals surface area contributed by atoms with E-state index in [4.69, 9.17) is 9.15 Å². The Labute approximate surface area is 145 Å². The third-order valence-electron chi connectivity index (χ3n) is 4.60. The van der Waals surface area contributed by atoms with Gasteiger partial charge < -0.3 is 14.1 Å². The van der Waals surface area contributed by atoms with E-state index in [2.05, 4.69) is 4.98 Å². The van der Waals surface area contributed by atoms with E-state index in [0.717, 1.165) is 29.0 Å². The van der Waals surface area contributed by atoms with Crippen LogP contribution in [0.4, 0.5) is 5.69 Å². The summed E-state index contributed by atoms with van der Waals surface area (Å²) in [7, 11) is 1.64. The zero-order valence-electron chi connectivity index (χ0n) is 13.9. The smallest absolute Gasteiger partial charge is 0.234 e. The molecule has 1 fully saturated rings. The summed E-state index contributed by atoms with van der Waals surface area (Å²) in [6.07, 6.45) is 3.89. The van der Waals surface area contributed by atoms with Crippen LogP contribution in [0.3, 0.4) is 0 Å². The summed E-state index contributed by atoms with van der Waals surface area (Å²) in [5.41, 5.74) is 2.85. The molecule has 3 aromatic rings. The molecule has 1 amide bonds. The summed E-state index contributed by atoms with van der Waals surface area (Å²) < 4.78 is 10.6. The summed E-state index contributed by atoms with van der Waals surface area (Å²) in [5.74, 6) is 1.50. The zero-order valence-corrected chi connectivity index (χ0v) is 13.9. The molecule has 0 unspecified atom stereocenters. The number of ether oxygens (including phenoxy) is 1. The Balaban J connectivity index is 1.55. The van der Waals surface area contributed by atoms with Gasteiger partial charge in [-0.2, -0.15) is 0 Å². The number of hydrogen-bond donors (Lipinski definition) is 0. The van der Waals surface area contributed by atoms with Gasteiger partial charge in [-0.05, 0) is 48.4 Å². The molecule has 25 heavy (non-hydrogen) atoms. The van der Waals surface area contributed by atoms with E-state index < -0.39 is 0 Å². The lowest BCUT2D eigenvalue weighted by Crippen LogP contribution is -2.26. The molecular weight excluding hydrogens is 316 g/mol. The van der Waals surface area contributed by atoms with Crippen LogP contribution in [0.5, 0.6) is 5.75 Å². The highest BCUT2D eigenvalue weighted by Crippen LogP contribution is 2.34. The Morgan fingerprint density at radius 2 is 2.04 bits per heavy atom. The lowest BCUT2D eigenvalue weighted by atomic mass is 9.97. The molecule has 0 N–H and O–H groups in total. The van der Waals surface area contributed by atoms with Gasteiger partial charge in [0.15, 0.2) is 12.2 Å². The molecule has 1 saturated heterocycles. The standard InChI is InChI=1S/C20H18N2O3/c1-24-17-4-2-3-15(11-17)18-9-10-22(20(18)23)16-7-5-14(6-8-16)19-12-21-13-25-19/h2-8,11-13,18H,9-10H2,1H3/t18-/m0/s1. The maximum absolute atomic E-state index is 12.9. The van der Waals surface area contributed by atoms with Crippen molar-refractivity contribution in [2.24, 2.45) is 0 Å². The van der Waals surface area contributed by atoms with Gasteiger partial charge in [0.2, 0.25) is 5.91 Å².